The Balaban J connectivity index is 1.08. The van der Waals surface area contributed by atoms with Crippen molar-refractivity contribution in [2.45, 2.75) is 0 Å². The van der Waals surface area contributed by atoms with Gasteiger partial charge in [0.05, 0.1) is 0 Å². The van der Waals surface area contributed by atoms with Crippen LogP contribution in [0.5, 0.6) is 0 Å². The number of benzene rings is 8. The van der Waals surface area contributed by atoms with Crippen LogP contribution < -0.4 is 0 Å². The number of furan rings is 1. The smallest absolute Gasteiger partial charge is 0.164 e. The molecule has 3 aromatic heterocycles. The monoisotopic (exact) mass is 733 g/mol. The Bertz CT molecular complexity index is 3230. The summed E-state index contributed by atoms with van der Waals surface area (Å²) in [6.45, 7) is 0. The van der Waals surface area contributed by atoms with Crippen LogP contribution in [-0.4, -0.2) is 15.0 Å². The fourth-order valence-electron chi connectivity index (χ4n) is 7.76. The lowest BCUT2D eigenvalue weighted by atomic mass is 9.94. The van der Waals surface area contributed by atoms with Gasteiger partial charge in [-0.1, -0.05) is 140 Å². The number of thiophene rings is 1. The number of hydrogen-bond donors (Lipinski definition) is 0. The third-order valence-corrected chi connectivity index (χ3v) is 11.7. The number of aromatic nitrogens is 3. The molecule has 0 aliphatic heterocycles. The molecule has 5 heteroatoms. The second-order valence-corrected chi connectivity index (χ2v) is 15.1. The Labute approximate surface area is 327 Å². The van der Waals surface area contributed by atoms with E-state index in [1.54, 1.807) is 11.3 Å². The second-order valence-electron chi connectivity index (χ2n) is 14.0. The lowest BCUT2D eigenvalue weighted by Crippen LogP contribution is -2.00. The van der Waals surface area contributed by atoms with Crippen LogP contribution in [0.2, 0.25) is 0 Å². The Morgan fingerprint density at radius 2 is 0.821 bits per heavy atom. The molecule has 0 aliphatic rings. The number of rotatable bonds is 6. The van der Waals surface area contributed by atoms with E-state index in [1.165, 1.54) is 20.2 Å². The van der Waals surface area contributed by atoms with Crippen molar-refractivity contribution in [3.05, 3.63) is 188 Å². The van der Waals surface area contributed by atoms with Crippen LogP contribution in [-0.2, 0) is 0 Å². The van der Waals surface area contributed by atoms with Crippen LogP contribution in [0.15, 0.2) is 192 Å². The van der Waals surface area contributed by atoms with Gasteiger partial charge < -0.3 is 4.42 Å². The molecule has 0 radical (unpaired) electrons. The van der Waals surface area contributed by atoms with Crippen molar-refractivity contribution in [3.8, 4) is 67.5 Å². The maximum Gasteiger partial charge on any atom is 0.164 e. The summed E-state index contributed by atoms with van der Waals surface area (Å²) in [6.07, 6.45) is 0. The summed E-state index contributed by atoms with van der Waals surface area (Å²) in [7, 11) is 0. The lowest BCUT2D eigenvalue weighted by molar-refractivity contribution is 0.669. The highest BCUT2D eigenvalue weighted by molar-refractivity contribution is 7.25. The first-order valence-electron chi connectivity index (χ1n) is 18.7. The van der Waals surface area contributed by atoms with Gasteiger partial charge in [-0.2, -0.15) is 0 Å². The van der Waals surface area contributed by atoms with Gasteiger partial charge >= 0.3 is 0 Å². The van der Waals surface area contributed by atoms with E-state index in [1.807, 2.05) is 12.1 Å². The highest BCUT2D eigenvalue weighted by Gasteiger charge is 2.19. The molecule has 0 saturated heterocycles. The average molecular weight is 734 g/mol. The van der Waals surface area contributed by atoms with E-state index in [0.717, 1.165) is 72.0 Å². The normalized spacial score (nSPS) is 11.6. The molecule has 3 heterocycles. The molecule has 8 aromatic carbocycles. The molecule has 4 nitrogen and oxygen atoms in total. The van der Waals surface area contributed by atoms with Crippen molar-refractivity contribution in [2.24, 2.45) is 0 Å². The van der Waals surface area contributed by atoms with Crippen molar-refractivity contribution < 1.29 is 4.42 Å². The third-order valence-electron chi connectivity index (χ3n) is 10.5. The first kappa shape index (κ1) is 32.2. The minimum Gasteiger partial charge on any atom is -0.456 e. The molecule has 0 saturated carbocycles. The van der Waals surface area contributed by atoms with Gasteiger partial charge in [0.2, 0.25) is 0 Å². The quantitative estimate of drug-likeness (QED) is 0.171. The van der Waals surface area contributed by atoms with Crippen molar-refractivity contribution in [1.29, 1.82) is 0 Å². The van der Waals surface area contributed by atoms with Gasteiger partial charge in [-0.05, 0) is 81.9 Å². The predicted molar refractivity (Wildman–Crippen MR) is 233 cm³/mol. The molecule has 0 bridgehead atoms. The number of fused-ring (bicyclic) bond motifs is 6. The Morgan fingerprint density at radius 1 is 0.321 bits per heavy atom. The molecule has 0 aliphatic carbocycles. The SMILES string of the molecule is c1ccc(-c2ccc(-c3nc(-c4ccc5c(c4)oc4cc(-c6ccccc6)cc(-c6ccccc6)c45)nc(-c4ccc5sc6ccccc6c5c4)n3)cc2)cc1. The summed E-state index contributed by atoms with van der Waals surface area (Å²) in [5.41, 5.74) is 11.2. The van der Waals surface area contributed by atoms with Crippen LogP contribution in [0.1, 0.15) is 0 Å². The third kappa shape index (κ3) is 5.65. The van der Waals surface area contributed by atoms with E-state index in [-0.39, 0.29) is 0 Å². The summed E-state index contributed by atoms with van der Waals surface area (Å²) in [5.74, 6) is 1.82. The van der Waals surface area contributed by atoms with E-state index in [0.29, 0.717) is 17.5 Å². The van der Waals surface area contributed by atoms with Gasteiger partial charge in [0, 0.05) is 47.6 Å². The summed E-state index contributed by atoms with van der Waals surface area (Å²) in [5, 5.41) is 4.57. The van der Waals surface area contributed by atoms with Crippen LogP contribution in [0, 0.1) is 0 Å². The van der Waals surface area contributed by atoms with E-state index in [9.17, 15) is 0 Å². The van der Waals surface area contributed by atoms with Gasteiger partial charge in [-0.15, -0.1) is 11.3 Å². The van der Waals surface area contributed by atoms with Gasteiger partial charge in [0.15, 0.2) is 17.5 Å². The minimum absolute atomic E-state index is 0.586. The Kier molecular flexibility index (Phi) is 7.64. The maximum atomic E-state index is 6.73. The summed E-state index contributed by atoms with van der Waals surface area (Å²) < 4.78 is 9.24. The van der Waals surface area contributed by atoms with Crippen molar-refractivity contribution in [1.82, 2.24) is 15.0 Å². The summed E-state index contributed by atoms with van der Waals surface area (Å²) in [6, 6.07) is 65.7. The fraction of sp³-hybridized carbons (Fsp3) is 0. The highest BCUT2D eigenvalue weighted by Crippen LogP contribution is 2.42. The first-order chi connectivity index (χ1) is 27.7. The molecule has 0 amide bonds. The molecular formula is C51H31N3OS. The van der Waals surface area contributed by atoms with Crippen LogP contribution in [0.3, 0.4) is 0 Å². The van der Waals surface area contributed by atoms with Crippen molar-refractivity contribution in [2.75, 3.05) is 0 Å². The average Bonchev–Trinajstić information content (AvgIpc) is 3.84. The Hall–Kier alpha value is -7.21. The molecule has 11 rings (SSSR count). The molecule has 11 aromatic rings. The lowest BCUT2D eigenvalue weighted by Gasteiger charge is -2.10. The van der Waals surface area contributed by atoms with E-state index in [2.05, 4.69) is 176 Å². The summed E-state index contributed by atoms with van der Waals surface area (Å²) >= 11 is 1.80. The highest BCUT2D eigenvalue weighted by atomic mass is 32.1. The van der Waals surface area contributed by atoms with Crippen LogP contribution in [0.25, 0.3) is 110 Å². The second kappa shape index (κ2) is 13.3. The fourth-order valence-corrected chi connectivity index (χ4v) is 8.84. The molecular weight excluding hydrogens is 703 g/mol. The van der Waals surface area contributed by atoms with E-state index in [4.69, 9.17) is 19.4 Å². The predicted octanol–water partition coefficient (Wildman–Crippen LogP) is 14.1. The molecule has 0 spiro atoms. The van der Waals surface area contributed by atoms with E-state index < -0.39 is 0 Å². The van der Waals surface area contributed by atoms with Crippen molar-refractivity contribution >= 4 is 53.4 Å². The van der Waals surface area contributed by atoms with Crippen LogP contribution in [0.4, 0.5) is 0 Å². The maximum absolute atomic E-state index is 6.73. The first-order valence-corrected chi connectivity index (χ1v) is 19.5. The zero-order valence-corrected chi connectivity index (χ0v) is 30.9. The number of nitrogens with zero attached hydrogens (tertiary/aromatic N) is 3. The van der Waals surface area contributed by atoms with Gasteiger partial charge in [0.25, 0.3) is 0 Å². The minimum atomic E-state index is 0.586. The van der Waals surface area contributed by atoms with Gasteiger partial charge in [-0.25, -0.2) is 15.0 Å². The van der Waals surface area contributed by atoms with Gasteiger partial charge in [0.1, 0.15) is 11.2 Å². The van der Waals surface area contributed by atoms with Gasteiger partial charge in [-0.3, -0.25) is 0 Å². The standard InChI is InChI=1S/C51H31N3OS/c1-4-12-32(13-5-1)34-20-22-36(23-21-34)49-52-50(37-25-27-47-43(28-37)40-18-10-11-19-46(40)56-47)54-51(53-49)38-24-26-41-44(30-38)55-45-31-39(33-14-6-2-7-15-33)29-42(48(41)45)35-16-8-3-9-17-35/h1-31H. The number of hydrogen-bond acceptors (Lipinski definition) is 5. The summed E-state index contributed by atoms with van der Waals surface area (Å²) in [4.78, 5) is 15.4. The molecule has 0 N–H and O–H groups in total. The zero-order valence-electron chi connectivity index (χ0n) is 30.1. The molecule has 0 unspecified atom stereocenters. The largest absolute Gasteiger partial charge is 0.456 e. The zero-order chi connectivity index (χ0) is 37.0. The molecule has 0 atom stereocenters. The Morgan fingerprint density at radius 3 is 1.54 bits per heavy atom. The molecule has 56 heavy (non-hydrogen) atoms. The topological polar surface area (TPSA) is 51.8 Å². The molecule has 262 valence electrons. The van der Waals surface area contributed by atoms with E-state index >= 15 is 0 Å². The molecule has 0 fully saturated rings. The van der Waals surface area contributed by atoms with Crippen LogP contribution >= 0.6 is 11.3 Å². The van der Waals surface area contributed by atoms with Crippen molar-refractivity contribution in [3.63, 3.8) is 0 Å².